The Morgan fingerprint density at radius 2 is 1.96 bits per heavy atom. The Morgan fingerprint density at radius 3 is 2.61 bits per heavy atom. The second-order valence-electron chi connectivity index (χ2n) is 6.94. The Hall–Kier alpha value is -2.93. The standard InChI is InChI=1S/C20H17ClF2N4O/c1-20(22,23)10-27-18(11-5-7-13(21)8-6-11)15-16(25-26-17(15)19(27)28)12-3-2-4-14(24)9-12/h2-9,18H,10,24H2,1H3,(H,25,26). The molecule has 5 nitrogen and oxygen atoms in total. The summed E-state index contributed by atoms with van der Waals surface area (Å²) in [6, 6.07) is 13.1. The lowest BCUT2D eigenvalue weighted by atomic mass is 9.96. The normalized spacial score (nSPS) is 16.5. The van der Waals surface area contributed by atoms with Gasteiger partial charge in [0.2, 0.25) is 0 Å². The van der Waals surface area contributed by atoms with Crippen molar-refractivity contribution in [2.45, 2.75) is 18.9 Å². The third kappa shape index (κ3) is 3.22. The van der Waals surface area contributed by atoms with E-state index < -0.39 is 24.4 Å². The molecule has 3 N–H and O–H groups in total. The zero-order chi connectivity index (χ0) is 20.1. The Kier molecular flexibility index (Phi) is 4.34. The van der Waals surface area contributed by atoms with Gasteiger partial charge in [-0.05, 0) is 29.8 Å². The smallest absolute Gasteiger partial charge is 0.273 e. The summed E-state index contributed by atoms with van der Waals surface area (Å²) in [6.45, 7) is 0.0843. The van der Waals surface area contributed by atoms with E-state index in [2.05, 4.69) is 10.2 Å². The van der Waals surface area contributed by atoms with Crippen LogP contribution in [0.15, 0.2) is 48.5 Å². The SMILES string of the molecule is CC(F)(F)CN1C(=O)c2[nH]nc(-c3cccc(N)c3)c2C1c1ccc(Cl)cc1. The second-order valence-corrected chi connectivity index (χ2v) is 7.38. The van der Waals surface area contributed by atoms with Crippen molar-refractivity contribution < 1.29 is 13.6 Å². The van der Waals surface area contributed by atoms with Gasteiger partial charge in [-0.3, -0.25) is 9.89 Å². The predicted molar refractivity (Wildman–Crippen MR) is 103 cm³/mol. The van der Waals surface area contributed by atoms with Crippen LogP contribution in [0.1, 0.15) is 34.6 Å². The van der Waals surface area contributed by atoms with E-state index in [1.807, 2.05) is 6.07 Å². The molecule has 1 atom stereocenters. The highest BCUT2D eigenvalue weighted by Crippen LogP contribution is 2.44. The van der Waals surface area contributed by atoms with Gasteiger partial charge < -0.3 is 10.6 Å². The van der Waals surface area contributed by atoms with Crippen molar-refractivity contribution in [1.29, 1.82) is 0 Å². The number of benzene rings is 2. The van der Waals surface area contributed by atoms with Gasteiger partial charge in [0.25, 0.3) is 11.8 Å². The molecule has 0 aliphatic carbocycles. The summed E-state index contributed by atoms with van der Waals surface area (Å²) >= 11 is 5.98. The van der Waals surface area contributed by atoms with Crippen molar-refractivity contribution in [2.75, 3.05) is 12.3 Å². The molecule has 144 valence electrons. The molecule has 0 saturated heterocycles. The number of nitrogens with two attached hydrogens (primary N) is 1. The number of nitrogen functional groups attached to an aromatic ring is 1. The Balaban J connectivity index is 1.89. The summed E-state index contributed by atoms with van der Waals surface area (Å²) in [5.74, 6) is -3.56. The average Bonchev–Trinajstić information content (AvgIpc) is 3.15. The first-order valence-corrected chi connectivity index (χ1v) is 9.01. The number of rotatable bonds is 4. The maximum atomic E-state index is 13.8. The van der Waals surface area contributed by atoms with Gasteiger partial charge in [0.05, 0.1) is 18.3 Å². The molecule has 0 spiro atoms. The van der Waals surface area contributed by atoms with Crippen LogP contribution in [-0.4, -0.2) is 33.5 Å². The average molecular weight is 403 g/mol. The Labute approximate surface area is 165 Å². The lowest BCUT2D eigenvalue weighted by Gasteiger charge is -2.28. The van der Waals surface area contributed by atoms with Gasteiger partial charge in [-0.1, -0.05) is 35.9 Å². The van der Waals surface area contributed by atoms with Gasteiger partial charge in [0.15, 0.2) is 0 Å². The largest absolute Gasteiger partial charge is 0.399 e. The number of carbonyl (C=O) groups is 1. The maximum Gasteiger partial charge on any atom is 0.273 e. The zero-order valence-electron chi connectivity index (χ0n) is 14.9. The third-order valence-electron chi connectivity index (χ3n) is 4.66. The minimum atomic E-state index is -3.05. The summed E-state index contributed by atoms with van der Waals surface area (Å²) in [7, 11) is 0. The van der Waals surface area contributed by atoms with Crippen LogP contribution in [-0.2, 0) is 0 Å². The van der Waals surface area contributed by atoms with Crippen LogP contribution in [0.3, 0.4) is 0 Å². The number of alkyl halides is 2. The molecule has 4 rings (SSSR count). The van der Waals surface area contributed by atoms with Gasteiger partial charge in [0.1, 0.15) is 5.69 Å². The van der Waals surface area contributed by atoms with E-state index in [9.17, 15) is 13.6 Å². The number of aromatic nitrogens is 2. The molecular formula is C20H17ClF2N4O. The summed E-state index contributed by atoms with van der Waals surface area (Å²) in [5.41, 5.74) is 9.08. The molecular weight excluding hydrogens is 386 g/mol. The van der Waals surface area contributed by atoms with Gasteiger partial charge in [-0.25, -0.2) is 8.78 Å². The van der Waals surface area contributed by atoms with E-state index in [-0.39, 0.29) is 5.69 Å². The van der Waals surface area contributed by atoms with Crippen molar-refractivity contribution in [3.8, 4) is 11.3 Å². The van der Waals surface area contributed by atoms with Crippen molar-refractivity contribution >= 4 is 23.2 Å². The van der Waals surface area contributed by atoms with Crippen LogP contribution < -0.4 is 5.73 Å². The number of nitrogens with one attached hydrogen (secondary N) is 1. The number of amides is 1. The van der Waals surface area contributed by atoms with Gasteiger partial charge in [0, 0.05) is 28.8 Å². The number of anilines is 1. The quantitative estimate of drug-likeness (QED) is 0.630. The van der Waals surface area contributed by atoms with Gasteiger partial charge in [-0.2, -0.15) is 5.10 Å². The molecule has 0 radical (unpaired) electrons. The van der Waals surface area contributed by atoms with E-state index in [1.54, 1.807) is 42.5 Å². The molecule has 1 aliphatic heterocycles. The van der Waals surface area contributed by atoms with Crippen molar-refractivity contribution in [3.05, 3.63) is 70.4 Å². The number of carbonyl (C=O) groups excluding carboxylic acids is 1. The van der Waals surface area contributed by atoms with Crippen LogP contribution in [0, 0.1) is 0 Å². The molecule has 28 heavy (non-hydrogen) atoms. The van der Waals surface area contributed by atoms with Crippen LogP contribution in [0.25, 0.3) is 11.3 Å². The van der Waals surface area contributed by atoms with E-state index >= 15 is 0 Å². The number of halogens is 3. The molecule has 1 aromatic heterocycles. The van der Waals surface area contributed by atoms with Crippen LogP contribution >= 0.6 is 11.6 Å². The second kappa shape index (κ2) is 6.60. The Bertz CT molecular complexity index is 1040. The van der Waals surface area contributed by atoms with Crippen molar-refractivity contribution in [2.24, 2.45) is 0 Å². The fraction of sp³-hybridized carbons (Fsp3) is 0.200. The highest BCUT2D eigenvalue weighted by atomic mass is 35.5. The van der Waals surface area contributed by atoms with Gasteiger partial charge in [-0.15, -0.1) is 0 Å². The Morgan fingerprint density at radius 1 is 1.25 bits per heavy atom. The summed E-state index contributed by atoms with van der Waals surface area (Å²) in [4.78, 5) is 14.1. The number of hydrogen-bond acceptors (Lipinski definition) is 3. The number of fused-ring (bicyclic) bond motifs is 1. The lowest BCUT2D eigenvalue weighted by molar-refractivity contribution is -0.0147. The molecule has 0 bridgehead atoms. The van der Waals surface area contributed by atoms with Crippen LogP contribution in [0.5, 0.6) is 0 Å². The first-order valence-electron chi connectivity index (χ1n) is 8.63. The first kappa shape index (κ1) is 18.4. The molecule has 8 heteroatoms. The lowest BCUT2D eigenvalue weighted by Crippen LogP contribution is -2.38. The van der Waals surface area contributed by atoms with E-state index in [0.717, 1.165) is 6.92 Å². The molecule has 0 fully saturated rings. The number of nitrogens with zero attached hydrogens (tertiary/aromatic N) is 2. The molecule has 1 aliphatic rings. The molecule has 1 amide bonds. The topological polar surface area (TPSA) is 75.0 Å². The first-order chi connectivity index (χ1) is 13.2. The van der Waals surface area contributed by atoms with Crippen LogP contribution in [0.4, 0.5) is 14.5 Å². The molecule has 3 aromatic rings. The minimum absolute atomic E-state index is 0.210. The fourth-order valence-electron chi connectivity index (χ4n) is 3.56. The minimum Gasteiger partial charge on any atom is -0.399 e. The number of H-pyrrole nitrogens is 1. The third-order valence-corrected chi connectivity index (χ3v) is 4.91. The monoisotopic (exact) mass is 402 g/mol. The van der Waals surface area contributed by atoms with Crippen LogP contribution in [0.2, 0.25) is 5.02 Å². The predicted octanol–water partition coefficient (Wildman–Crippen LogP) is 4.51. The van der Waals surface area contributed by atoms with Crippen molar-refractivity contribution in [3.63, 3.8) is 0 Å². The summed E-state index contributed by atoms with van der Waals surface area (Å²) in [6.07, 6.45) is 0. The van der Waals surface area contributed by atoms with E-state index in [1.165, 1.54) is 4.90 Å². The molecule has 2 aromatic carbocycles. The highest BCUT2D eigenvalue weighted by Gasteiger charge is 2.45. The number of aromatic amines is 1. The molecule has 1 unspecified atom stereocenters. The maximum absolute atomic E-state index is 13.8. The van der Waals surface area contributed by atoms with Crippen molar-refractivity contribution in [1.82, 2.24) is 15.1 Å². The molecule has 2 heterocycles. The number of hydrogen-bond donors (Lipinski definition) is 2. The summed E-state index contributed by atoms with van der Waals surface area (Å²) in [5, 5.41) is 7.53. The molecule has 0 saturated carbocycles. The highest BCUT2D eigenvalue weighted by molar-refractivity contribution is 6.30. The summed E-state index contributed by atoms with van der Waals surface area (Å²) < 4.78 is 27.7. The zero-order valence-corrected chi connectivity index (χ0v) is 15.7. The van der Waals surface area contributed by atoms with E-state index in [0.29, 0.717) is 33.1 Å². The van der Waals surface area contributed by atoms with Gasteiger partial charge >= 0.3 is 0 Å². The van der Waals surface area contributed by atoms with E-state index in [4.69, 9.17) is 17.3 Å². The fourth-order valence-corrected chi connectivity index (χ4v) is 3.68.